The standard InChI is InChI=1S/C27H36N4OS/c1-5-30-16-13-22-24(18-30)33-26(31-14-6-7-15-31)25(22)23(12-11-19(2)3)29-27(32)28-21-10-8-9-20(4)17-21/h6-10,14-15,17,19,23H,5,11-13,16,18H2,1-4H3,(H2,28,29,32)/t23-/m1/s1. The Kier molecular flexibility index (Phi) is 7.56. The number of hydrogen-bond acceptors (Lipinski definition) is 3. The molecule has 2 amide bonds. The van der Waals surface area contributed by atoms with Crippen LogP contribution >= 0.6 is 11.3 Å². The highest BCUT2D eigenvalue weighted by molar-refractivity contribution is 7.15. The Bertz CT molecular complexity index is 1070. The maximum absolute atomic E-state index is 13.1. The van der Waals surface area contributed by atoms with E-state index in [4.69, 9.17) is 0 Å². The largest absolute Gasteiger partial charge is 0.331 e. The van der Waals surface area contributed by atoms with E-state index in [1.165, 1.54) is 21.0 Å². The molecule has 5 nitrogen and oxygen atoms in total. The number of carbonyl (C=O) groups excluding carboxylic acids is 1. The normalized spacial score (nSPS) is 14.8. The van der Waals surface area contributed by atoms with Crippen LogP contribution in [0.5, 0.6) is 0 Å². The third kappa shape index (κ3) is 5.68. The molecule has 0 fully saturated rings. The van der Waals surface area contributed by atoms with Gasteiger partial charge in [0.15, 0.2) is 0 Å². The van der Waals surface area contributed by atoms with Crippen molar-refractivity contribution in [3.63, 3.8) is 0 Å². The second kappa shape index (κ2) is 10.6. The molecule has 2 N–H and O–H groups in total. The summed E-state index contributed by atoms with van der Waals surface area (Å²) in [6.45, 7) is 11.9. The number of aryl methyl sites for hydroxylation is 1. The van der Waals surface area contributed by atoms with Crippen LogP contribution in [0, 0.1) is 12.8 Å². The molecule has 0 unspecified atom stereocenters. The van der Waals surface area contributed by atoms with Crippen LogP contribution in [0.2, 0.25) is 0 Å². The first kappa shape index (κ1) is 23.6. The number of benzene rings is 1. The summed E-state index contributed by atoms with van der Waals surface area (Å²) in [5.41, 5.74) is 4.71. The third-order valence-electron chi connectivity index (χ3n) is 6.41. The SMILES string of the molecule is CCN1CCc2c(sc(-n3cccc3)c2[C@@H](CCC(C)C)NC(=O)Nc2cccc(C)c2)C1. The predicted molar refractivity (Wildman–Crippen MR) is 138 cm³/mol. The Morgan fingerprint density at radius 3 is 2.64 bits per heavy atom. The van der Waals surface area contributed by atoms with Gasteiger partial charge in [-0.3, -0.25) is 4.90 Å². The predicted octanol–water partition coefficient (Wildman–Crippen LogP) is 6.52. The quantitative estimate of drug-likeness (QED) is 0.398. The van der Waals surface area contributed by atoms with Gasteiger partial charge in [-0.2, -0.15) is 0 Å². The van der Waals surface area contributed by atoms with E-state index >= 15 is 0 Å². The number of anilines is 1. The van der Waals surface area contributed by atoms with Crippen molar-refractivity contribution in [1.82, 2.24) is 14.8 Å². The van der Waals surface area contributed by atoms with E-state index in [-0.39, 0.29) is 12.1 Å². The van der Waals surface area contributed by atoms with Crippen molar-refractivity contribution < 1.29 is 4.79 Å². The molecular weight excluding hydrogens is 428 g/mol. The van der Waals surface area contributed by atoms with Gasteiger partial charge in [0.1, 0.15) is 5.00 Å². The first-order chi connectivity index (χ1) is 15.9. The van der Waals surface area contributed by atoms with Gasteiger partial charge in [-0.25, -0.2) is 4.79 Å². The van der Waals surface area contributed by atoms with E-state index in [9.17, 15) is 4.79 Å². The summed E-state index contributed by atoms with van der Waals surface area (Å²) in [7, 11) is 0. The summed E-state index contributed by atoms with van der Waals surface area (Å²) < 4.78 is 2.22. The number of carbonyl (C=O) groups is 1. The minimum atomic E-state index is -0.140. The molecule has 1 aromatic carbocycles. The average molecular weight is 465 g/mol. The number of thiophene rings is 1. The van der Waals surface area contributed by atoms with E-state index in [0.29, 0.717) is 5.92 Å². The van der Waals surface area contributed by atoms with Crippen molar-refractivity contribution >= 4 is 23.1 Å². The molecule has 176 valence electrons. The van der Waals surface area contributed by atoms with Gasteiger partial charge in [0.25, 0.3) is 0 Å². The summed E-state index contributed by atoms with van der Waals surface area (Å²) in [4.78, 5) is 17.0. The van der Waals surface area contributed by atoms with Crippen LogP contribution in [0.3, 0.4) is 0 Å². The van der Waals surface area contributed by atoms with Gasteiger partial charge in [-0.05, 0) is 74.0 Å². The van der Waals surface area contributed by atoms with Crippen molar-refractivity contribution in [2.24, 2.45) is 5.92 Å². The minimum Gasteiger partial charge on any atom is -0.331 e. The van der Waals surface area contributed by atoms with Crippen molar-refractivity contribution in [3.8, 4) is 5.00 Å². The molecule has 1 aliphatic heterocycles. The van der Waals surface area contributed by atoms with Crippen LogP contribution in [0.15, 0.2) is 48.8 Å². The van der Waals surface area contributed by atoms with Crippen LogP contribution in [0.4, 0.5) is 10.5 Å². The number of nitrogens with zero attached hydrogens (tertiary/aromatic N) is 2. The molecule has 1 atom stereocenters. The van der Waals surface area contributed by atoms with Gasteiger partial charge < -0.3 is 15.2 Å². The van der Waals surface area contributed by atoms with Crippen molar-refractivity contribution in [1.29, 1.82) is 0 Å². The van der Waals surface area contributed by atoms with Gasteiger partial charge >= 0.3 is 6.03 Å². The fourth-order valence-electron chi connectivity index (χ4n) is 4.59. The lowest BCUT2D eigenvalue weighted by Gasteiger charge is -2.28. The van der Waals surface area contributed by atoms with Crippen LogP contribution < -0.4 is 10.6 Å². The molecule has 2 aromatic heterocycles. The molecule has 1 aliphatic rings. The molecule has 0 aliphatic carbocycles. The van der Waals surface area contributed by atoms with E-state index in [1.54, 1.807) is 0 Å². The van der Waals surface area contributed by atoms with Crippen LogP contribution in [-0.2, 0) is 13.0 Å². The zero-order chi connectivity index (χ0) is 23.4. The van der Waals surface area contributed by atoms with E-state index in [0.717, 1.165) is 50.1 Å². The third-order valence-corrected chi connectivity index (χ3v) is 7.65. The molecule has 3 aromatic rings. The number of likely N-dealkylation sites (N-methyl/N-ethyl adjacent to an activating group) is 1. The second-order valence-corrected chi connectivity index (χ2v) is 10.5. The maximum Gasteiger partial charge on any atom is 0.319 e. The molecular formula is C27H36N4OS. The monoisotopic (exact) mass is 464 g/mol. The Morgan fingerprint density at radius 2 is 1.94 bits per heavy atom. The molecule has 0 radical (unpaired) electrons. The van der Waals surface area contributed by atoms with Crippen LogP contribution in [0.25, 0.3) is 5.00 Å². The Labute approximate surface area is 201 Å². The van der Waals surface area contributed by atoms with Crippen LogP contribution in [0.1, 0.15) is 61.2 Å². The number of nitrogens with one attached hydrogen (secondary N) is 2. The number of urea groups is 1. The number of fused-ring (bicyclic) bond motifs is 1. The zero-order valence-corrected chi connectivity index (χ0v) is 21.0. The Morgan fingerprint density at radius 1 is 1.15 bits per heavy atom. The highest BCUT2D eigenvalue weighted by Crippen LogP contribution is 2.41. The number of hydrogen-bond donors (Lipinski definition) is 2. The van der Waals surface area contributed by atoms with Gasteiger partial charge in [0, 0.05) is 41.6 Å². The summed E-state index contributed by atoms with van der Waals surface area (Å²) in [6.07, 6.45) is 7.26. The summed E-state index contributed by atoms with van der Waals surface area (Å²) in [6, 6.07) is 11.9. The van der Waals surface area contributed by atoms with Gasteiger partial charge in [0.05, 0.1) is 6.04 Å². The Hall–Kier alpha value is -2.57. The van der Waals surface area contributed by atoms with Crippen molar-refractivity contribution in [2.75, 3.05) is 18.4 Å². The van der Waals surface area contributed by atoms with E-state index in [2.05, 4.69) is 65.4 Å². The maximum atomic E-state index is 13.1. The van der Waals surface area contributed by atoms with Gasteiger partial charge in [-0.1, -0.05) is 32.9 Å². The fraction of sp³-hybridized carbons (Fsp3) is 0.444. The highest BCUT2D eigenvalue weighted by Gasteiger charge is 2.30. The van der Waals surface area contributed by atoms with Crippen molar-refractivity contribution in [2.45, 2.75) is 59.5 Å². The average Bonchev–Trinajstić information content (AvgIpc) is 3.43. The molecule has 3 heterocycles. The highest BCUT2D eigenvalue weighted by atomic mass is 32.1. The lowest BCUT2D eigenvalue weighted by Crippen LogP contribution is -2.35. The summed E-state index contributed by atoms with van der Waals surface area (Å²) in [5.74, 6) is 0.578. The van der Waals surface area contributed by atoms with E-state index in [1.807, 2.05) is 42.5 Å². The molecule has 4 rings (SSSR count). The van der Waals surface area contributed by atoms with E-state index < -0.39 is 0 Å². The number of amides is 2. The minimum absolute atomic E-state index is 0.0252. The molecule has 0 bridgehead atoms. The molecule has 0 saturated heterocycles. The Balaban J connectivity index is 1.67. The summed E-state index contributed by atoms with van der Waals surface area (Å²) >= 11 is 1.88. The van der Waals surface area contributed by atoms with Crippen LogP contribution in [-0.4, -0.2) is 28.6 Å². The topological polar surface area (TPSA) is 49.3 Å². The lowest BCUT2D eigenvalue weighted by atomic mass is 9.92. The van der Waals surface area contributed by atoms with Crippen molar-refractivity contribution in [3.05, 3.63) is 70.4 Å². The zero-order valence-electron chi connectivity index (χ0n) is 20.2. The second-order valence-electron chi connectivity index (χ2n) is 9.42. The fourth-order valence-corrected chi connectivity index (χ4v) is 6.01. The first-order valence-corrected chi connectivity index (χ1v) is 12.9. The van der Waals surface area contributed by atoms with Gasteiger partial charge in [-0.15, -0.1) is 11.3 Å². The number of rotatable bonds is 8. The summed E-state index contributed by atoms with van der Waals surface area (Å²) in [5, 5.41) is 7.64. The molecule has 33 heavy (non-hydrogen) atoms. The molecule has 0 spiro atoms. The molecule has 6 heteroatoms. The van der Waals surface area contributed by atoms with Gasteiger partial charge in [0.2, 0.25) is 0 Å². The smallest absolute Gasteiger partial charge is 0.319 e. The lowest BCUT2D eigenvalue weighted by molar-refractivity contribution is 0.246. The first-order valence-electron chi connectivity index (χ1n) is 12.1. The molecule has 0 saturated carbocycles. The number of aromatic nitrogens is 1.